The van der Waals surface area contributed by atoms with Gasteiger partial charge in [-0.2, -0.15) is 11.8 Å². The predicted molar refractivity (Wildman–Crippen MR) is 111 cm³/mol. The van der Waals surface area contributed by atoms with Gasteiger partial charge in [-0.15, -0.1) is 0 Å². The van der Waals surface area contributed by atoms with E-state index >= 15 is 0 Å². The molecule has 2 rings (SSSR count). The average molecular weight is 372 g/mol. The average Bonchev–Trinajstić information content (AvgIpc) is 2.62. The van der Waals surface area contributed by atoms with Crippen LogP contribution in [0.1, 0.15) is 35.6 Å². The Balaban J connectivity index is 1.73. The monoisotopic (exact) mass is 371 g/mol. The lowest BCUT2D eigenvalue weighted by molar-refractivity contribution is -0.128. The second kappa shape index (κ2) is 10.3. The first-order valence-corrected chi connectivity index (χ1v) is 10.3. The molecule has 2 aromatic rings. The van der Waals surface area contributed by atoms with E-state index in [9.17, 15) is 4.79 Å². The van der Waals surface area contributed by atoms with Crippen molar-refractivity contribution in [2.75, 3.05) is 12.3 Å². The number of carbonyl (C=O) groups excluding carboxylic acids is 1. The Morgan fingerprint density at radius 1 is 1.08 bits per heavy atom. The van der Waals surface area contributed by atoms with E-state index in [1.54, 1.807) is 0 Å². The third kappa shape index (κ3) is 6.41. The summed E-state index contributed by atoms with van der Waals surface area (Å²) in [5.41, 5.74) is 4.85. The number of benzene rings is 2. The zero-order valence-corrected chi connectivity index (χ0v) is 17.0. The van der Waals surface area contributed by atoms with Crippen molar-refractivity contribution in [3.05, 3.63) is 64.7 Å². The number of aryl methyl sites for hydroxylation is 3. The number of thioether (sulfide) groups is 1. The van der Waals surface area contributed by atoms with Crippen LogP contribution in [-0.4, -0.2) is 24.3 Å². The Morgan fingerprint density at radius 2 is 1.77 bits per heavy atom. The van der Waals surface area contributed by atoms with E-state index in [4.69, 9.17) is 4.74 Å². The fourth-order valence-electron chi connectivity index (χ4n) is 2.64. The molecule has 0 unspecified atom stereocenters. The van der Waals surface area contributed by atoms with Gasteiger partial charge in [-0.3, -0.25) is 4.79 Å². The fourth-order valence-corrected chi connectivity index (χ4v) is 3.46. The van der Waals surface area contributed by atoms with Crippen LogP contribution in [0.4, 0.5) is 0 Å². The molecule has 0 saturated heterocycles. The van der Waals surface area contributed by atoms with Gasteiger partial charge in [0.2, 0.25) is 0 Å². The quantitative estimate of drug-likeness (QED) is 0.642. The Bertz CT molecular complexity index is 713. The van der Waals surface area contributed by atoms with Crippen LogP contribution in [0.2, 0.25) is 0 Å². The fraction of sp³-hybridized carbons (Fsp3) is 0.409. The number of hydrogen-bond acceptors (Lipinski definition) is 3. The zero-order chi connectivity index (χ0) is 18.9. The van der Waals surface area contributed by atoms with Gasteiger partial charge in [0.05, 0.1) is 0 Å². The van der Waals surface area contributed by atoms with Crippen molar-refractivity contribution in [2.45, 2.75) is 46.0 Å². The number of carbonyl (C=O) groups is 1. The van der Waals surface area contributed by atoms with Crippen LogP contribution in [0.3, 0.4) is 0 Å². The highest BCUT2D eigenvalue weighted by molar-refractivity contribution is 7.98. The van der Waals surface area contributed by atoms with E-state index < -0.39 is 6.10 Å². The minimum atomic E-state index is -0.446. The molecule has 0 bridgehead atoms. The van der Waals surface area contributed by atoms with Crippen LogP contribution in [-0.2, 0) is 10.5 Å². The van der Waals surface area contributed by atoms with Gasteiger partial charge in [-0.05, 0) is 44.4 Å². The molecule has 140 valence electrons. The molecule has 3 nitrogen and oxygen atoms in total. The highest BCUT2D eigenvalue weighted by atomic mass is 32.2. The molecule has 0 aliphatic heterocycles. The van der Waals surface area contributed by atoms with E-state index in [1.165, 1.54) is 16.7 Å². The van der Waals surface area contributed by atoms with Crippen molar-refractivity contribution in [3.8, 4) is 5.75 Å². The van der Waals surface area contributed by atoms with Gasteiger partial charge in [0.1, 0.15) is 5.75 Å². The molecule has 4 heteroatoms. The van der Waals surface area contributed by atoms with Gasteiger partial charge < -0.3 is 10.1 Å². The Kier molecular flexibility index (Phi) is 8.05. The molecule has 1 N–H and O–H groups in total. The molecule has 0 radical (unpaired) electrons. The maximum Gasteiger partial charge on any atom is 0.261 e. The molecule has 0 spiro atoms. The lowest BCUT2D eigenvalue weighted by Crippen LogP contribution is -2.39. The van der Waals surface area contributed by atoms with Crippen molar-refractivity contribution in [1.29, 1.82) is 0 Å². The molecule has 0 saturated carbocycles. The summed E-state index contributed by atoms with van der Waals surface area (Å²) < 4.78 is 5.93. The Labute approximate surface area is 161 Å². The van der Waals surface area contributed by atoms with E-state index in [0.29, 0.717) is 13.0 Å². The van der Waals surface area contributed by atoms with Crippen LogP contribution in [0.25, 0.3) is 0 Å². The van der Waals surface area contributed by atoms with Crippen LogP contribution >= 0.6 is 11.8 Å². The number of amides is 1. The molecule has 26 heavy (non-hydrogen) atoms. The molecule has 0 heterocycles. The number of hydrogen-bond donors (Lipinski definition) is 1. The minimum Gasteiger partial charge on any atom is -0.480 e. The van der Waals surface area contributed by atoms with Crippen LogP contribution in [0.15, 0.2) is 42.5 Å². The molecular formula is C22H29NO2S. The topological polar surface area (TPSA) is 38.3 Å². The molecular weight excluding hydrogens is 342 g/mol. The molecule has 0 aliphatic rings. The van der Waals surface area contributed by atoms with Gasteiger partial charge in [0.15, 0.2) is 6.10 Å². The van der Waals surface area contributed by atoms with Crippen molar-refractivity contribution in [1.82, 2.24) is 5.32 Å². The summed E-state index contributed by atoms with van der Waals surface area (Å²) in [6.07, 6.45) is 0.203. The Morgan fingerprint density at radius 3 is 2.42 bits per heavy atom. The number of ether oxygens (including phenoxy) is 1. The first-order valence-electron chi connectivity index (χ1n) is 9.14. The number of nitrogens with one attached hydrogen (secondary N) is 1. The second-order valence-electron chi connectivity index (χ2n) is 6.61. The SMILES string of the molecule is CC[C@@H](Oc1ccc(C)cc1C)C(=O)NCCSCc1ccc(C)cc1. The summed E-state index contributed by atoms with van der Waals surface area (Å²) in [4.78, 5) is 12.4. The highest BCUT2D eigenvalue weighted by Crippen LogP contribution is 2.21. The lowest BCUT2D eigenvalue weighted by Gasteiger charge is -2.19. The summed E-state index contributed by atoms with van der Waals surface area (Å²) in [6, 6.07) is 14.6. The van der Waals surface area contributed by atoms with Crippen LogP contribution in [0.5, 0.6) is 5.75 Å². The molecule has 2 aromatic carbocycles. The van der Waals surface area contributed by atoms with Crippen LogP contribution in [0, 0.1) is 20.8 Å². The van der Waals surface area contributed by atoms with E-state index in [0.717, 1.165) is 22.8 Å². The maximum absolute atomic E-state index is 12.4. The molecule has 0 aromatic heterocycles. The third-order valence-corrected chi connectivity index (χ3v) is 5.23. The van der Waals surface area contributed by atoms with Crippen molar-refractivity contribution < 1.29 is 9.53 Å². The number of rotatable bonds is 9. The lowest BCUT2D eigenvalue weighted by atomic mass is 10.1. The van der Waals surface area contributed by atoms with Gasteiger partial charge in [-0.1, -0.05) is 54.4 Å². The van der Waals surface area contributed by atoms with Crippen molar-refractivity contribution >= 4 is 17.7 Å². The third-order valence-electron chi connectivity index (χ3n) is 4.20. The van der Waals surface area contributed by atoms with Gasteiger partial charge in [0, 0.05) is 18.1 Å². The van der Waals surface area contributed by atoms with Gasteiger partial charge >= 0.3 is 0 Å². The summed E-state index contributed by atoms with van der Waals surface area (Å²) >= 11 is 1.83. The van der Waals surface area contributed by atoms with E-state index in [-0.39, 0.29) is 5.91 Å². The van der Waals surface area contributed by atoms with E-state index in [1.807, 2.05) is 37.7 Å². The molecule has 1 atom stereocenters. The molecule has 0 fully saturated rings. The maximum atomic E-state index is 12.4. The molecule has 0 aliphatic carbocycles. The zero-order valence-electron chi connectivity index (χ0n) is 16.2. The summed E-state index contributed by atoms with van der Waals surface area (Å²) in [7, 11) is 0. The van der Waals surface area contributed by atoms with Gasteiger partial charge in [0.25, 0.3) is 5.91 Å². The van der Waals surface area contributed by atoms with Crippen molar-refractivity contribution in [2.24, 2.45) is 0 Å². The summed E-state index contributed by atoms with van der Waals surface area (Å²) in [6.45, 7) is 8.78. The normalized spacial score (nSPS) is 11.8. The predicted octanol–water partition coefficient (Wildman–Crippen LogP) is 4.82. The second-order valence-corrected chi connectivity index (χ2v) is 7.72. The highest BCUT2D eigenvalue weighted by Gasteiger charge is 2.18. The van der Waals surface area contributed by atoms with Crippen molar-refractivity contribution in [3.63, 3.8) is 0 Å². The largest absolute Gasteiger partial charge is 0.480 e. The first kappa shape index (κ1) is 20.4. The van der Waals surface area contributed by atoms with Crippen LogP contribution < -0.4 is 10.1 Å². The minimum absolute atomic E-state index is 0.0385. The summed E-state index contributed by atoms with van der Waals surface area (Å²) in [5.74, 6) is 2.60. The standard InChI is InChI=1S/C22H29NO2S/c1-5-20(25-21-11-8-17(3)14-18(21)4)22(24)23-12-13-26-15-19-9-6-16(2)7-10-19/h6-11,14,20H,5,12-13,15H2,1-4H3,(H,23,24)/t20-/m1/s1. The Hall–Kier alpha value is -1.94. The smallest absolute Gasteiger partial charge is 0.261 e. The summed E-state index contributed by atoms with van der Waals surface area (Å²) in [5, 5.41) is 3.00. The van der Waals surface area contributed by atoms with Gasteiger partial charge in [-0.25, -0.2) is 0 Å². The van der Waals surface area contributed by atoms with E-state index in [2.05, 4.69) is 49.5 Å². The first-order chi connectivity index (χ1) is 12.5. The molecule has 1 amide bonds.